The lowest BCUT2D eigenvalue weighted by Gasteiger charge is -2.14. The maximum absolute atomic E-state index is 13.0. The second kappa shape index (κ2) is 8.52. The highest BCUT2D eigenvalue weighted by Crippen LogP contribution is 2.31. The van der Waals surface area contributed by atoms with Crippen LogP contribution in [0.3, 0.4) is 0 Å². The zero-order valence-corrected chi connectivity index (χ0v) is 16.3. The van der Waals surface area contributed by atoms with E-state index in [1.807, 2.05) is 49.4 Å². The van der Waals surface area contributed by atoms with Crippen molar-refractivity contribution in [2.45, 2.75) is 25.0 Å². The second-order valence-electron chi connectivity index (χ2n) is 6.07. The quantitative estimate of drug-likeness (QED) is 0.639. The van der Waals surface area contributed by atoms with Crippen LogP contribution in [0.4, 0.5) is 0 Å². The van der Waals surface area contributed by atoms with Crippen molar-refractivity contribution in [2.24, 2.45) is 0 Å². The minimum atomic E-state index is -3.69. The molecule has 6 heteroatoms. The highest BCUT2D eigenvalue weighted by Gasteiger charge is 2.19. The Kier molecular flexibility index (Phi) is 6.11. The number of methoxy groups -OCH3 is 1. The molecule has 0 saturated carbocycles. The fraction of sp³-hybridized carbons (Fsp3) is 0.238. The van der Waals surface area contributed by atoms with Crippen LogP contribution < -0.4 is 9.46 Å². The number of sulfonamides is 1. The number of fused-ring (bicyclic) bond motifs is 1. The van der Waals surface area contributed by atoms with Gasteiger partial charge in [-0.05, 0) is 30.2 Å². The molecule has 0 radical (unpaired) electrons. The van der Waals surface area contributed by atoms with E-state index in [2.05, 4.69) is 4.72 Å². The van der Waals surface area contributed by atoms with Crippen LogP contribution in [0.15, 0.2) is 65.6 Å². The second-order valence-corrected chi connectivity index (χ2v) is 7.80. The maximum Gasteiger partial charge on any atom is 0.241 e. The first kappa shape index (κ1) is 19.4. The third-order valence-electron chi connectivity index (χ3n) is 4.30. The van der Waals surface area contributed by atoms with Crippen molar-refractivity contribution >= 4 is 20.8 Å². The van der Waals surface area contributed by atoms with Gasteiger partial charge in [0.15, 0.2) is 0 Å². The predicted octanol–water partition coefficient (Wildman–Crippen LogP) is 3.86. The molecule has 0 unspecified atom stereocenters. The van der Waals surface area contributed by atoms with Gasteiger partial charge >= 0.3 is 0 Å². The molecule has 142 valence electrons. The monoisotopic (exact) mass is 385 g/mol. The normalized spacial score (nSPS) is 11.6. The fourth-order valence-electron chi connectivity index (χ4n) is 3.04. The third-order valence-corrected chi connectivity index (χ3v) is 5.76. The number of rotatable bonds is 8. The topological polar surface area (TPSA) is 64.6 Å². The van der Waals surface area contributed by atoms with E-state index < -0.39 is 10.0 Å². The third kappa shape index (κ3) is 4.30. The first-order valence-corrected chi connectivity index (χ1v) is 10.2. The maximum atomic E-state index is 13.0. The van der Waals surface area contributed by atoms with Gasteiger partial charge in [0.25, 0.3) is 0 Å². The Balaban J connectivity index is 1.93. The molecule has 3 aromatic carbocycles. The molecule has 1 N–H and O–H groups in total. The molecule has 0 amide bonds. The zero-order chi connectivity index (χ0) is 19.3. The predicted molar refractivity (Wildman–Crippen MR) is 106 cm³/mol. The van der Waals surface area contributed by atoms with Gasteiger partial charge in [-0.15, -0.1) is 0 Å². The summed E-state index contributed by atoms with van der Waals surface area (Å²) in [5.74, 6) is 0.678. The summed E-state index contributed by atoms with van der Waals surface area (Å²) in [6.07, 6.45) is 0. The van der Waals surface area contributed by atoms with E-state index in [1.54, 1.807) is 25.3 Å². The first-order chi connectivity index (χ1) is 13.1. The molecular formula is C21H23NO4S. The average molecular weight is 385 g/mol. The zero-order valence-electron chi connectivity index (χ0n) is 15.4. The summed E-state index contributed by atoms with van der Waals surface area (Å²) in [5, 5.41) is 1.42. The lowest BCUT2D eigenvalue weighted by molar-refractivity contribution is 0.184. The van der Waals surface area contributed by atoms with Gasteiger partial charge in [-0.2, -0.15) is 0 Å². The number of ether oxygens (including phenoxy) is 2. The summed E-state index contributed by atoms with van der Waals surface area (Å²) in [7, 11) is -2.08. The van der Waals surface area contributed by atoms with Gasteiger partial charge in [0.05, 0.1) is 18.1 Å². The van der Waals surface area contributed by atoms with Crippen LogP contribution in [-0.4, -0.2) is 22.1 Å². The highest BCUT2D eigenvalue weighted by molar-refractivity contribution is 7.89. The highest BCUT2D eigenvalue weighted by atomic mass is 32.2. The minimum Gasteiger partial charge on any atom is -0.493 e. The van der Waals surface area contributed by atoms with Crippen LogP contribution in [0.1, 0.15) is 18.1 Å². The Labute approximate surface area is 160 Å². The van der Waals surface area contributed by atoms with Crippen molar-refractivity contribution in [1.29, 1.82) is 0 Å². The summed E-state index contributed by atoms with van der Waals surface area (Å²) in [6, 6.07) is 18.3. The van der Waals surface area contributed by atoms with Crippen LogP contribution in [0, 0.1) is 0 Å². The number of nitrogens with one attached hydrogen (secondary N) is 1. The van der Waals surface area contributed by atoms with Gasteiger partial charge in [0, 0.05) is 24.4 Å². The van der Waals surface area contributed by atoms with Gasteiger partial charge in [-0.3, -0.25) is 0 Å². The Morgan fingerprint density at radius 1 is 0.889 bits per heavy atom. The molecular weight excluding hydrogens is 362 g/mol. The van der Waals surface area contributed by atoms with Crippen LogP contribution >= 0.6 is 0 Å². The van der Waals surface area contributed by atoms with Gasteiger partial charge in [-0.25, -0.2) is 13.1 Å². The average Bonchev–Trinajstić information content (AvgIpc) is 2.68. The molecule has 5 nitrogen and oxygen atoms in total. The van der Waals surface area contributed by atoms with Crippen molar-refractivity contribution in [2.75, 3.05) is 13.7 Å². The molecule has 0 saturated heterocycles. The summed E-state index contributed by atoms with van der Waals surface area (Å²) in [6.45, 7) is 3.05. The molecule has 0 aliphatic rings. The molecule has 0 aliphatic heterocycles. The van der Waals surface area contributed by atoms with Gasteiger partial charge in [0.2, 0.25) is 10.0 Å². The van der Waals surface area contributed by atoms with E-state index in [1.165, 1.54) is 0 Å². The molecule has 0 fully saturated rings. The van der Waals surface area contributed by atoms with Crippen molar-refractivity contribution in [3.8, 4) is 5.75 Å². The molecule has 0 heterocycles. The number of hydrogen-bond acceptors (Lipinski definition) is 4. The molecule has 27 heavy (non-hydrogen) atoms. The number of hydrogen-bond donors (Lipinski definition) is 1. The lowest BCUT2D eigenvalue weighted by atomic mass is 10.1. The molecule has 0 atom stereocenters. The van der Waals surface area contributed by atoms with E-state index in [-0.39, 0.29) is 11.4 Å². The van der Waals surface area contributed by atoms with Crippen LogP contribution in [-0.2, 0) is 27.9 Å². The smallest absolute Gasteiger partial charge is 0.241 e. The Morgan fingerprint density at radius 2 is 1.56 bits per heavy atom. The van der Waals surface area contributed by atoms with E-state index in [0.29, 0.717) is 24.3 Å². The van der Waals surface area contributed by atoms with E-state index >= 15 is 0 Å². The Hall–Kier alpha value is -2.41. The molecule has 3 aromatic rings. The largest absolute Gasteiger partial charge is 0.493 e. The molecule has 0 bridgehead atoms. The van der Waals surface area contributed by atoms with Gasteiger partial charge < -0.3 is 9.47 Å². The summed E-state index contributed by atoms with van der Waals surface area (Å²) < 4.78 is 39.5. The van der Waals surface area contributed by atoms with Crippen molar-refractivity contribution in [3.63, 3.8) is 0 Å². The number of benzene rings is 3. The van der Waals surface area contributed by atoms with E-state index in [4.69, 9.17) is 9.47 Å². The minimum absolute atomic E-state index is 0.198. The van der Waals surface area contributed by atoms with Gasteiger partial charge in [-0.1, -0.05) is 48.5 Å². The lowest BCUT2D eigenvalue weighted by Crippen LogP contribution is -2.24. The first-order valence-electron chi connectivity index (χ1n) is 8.76. The molecule has 0 aliphatic carbocycles. The standard InChI is InChI=1S/C21H23NO4S/c1-3-26-20-12-13-21(19-11-7-6-10-18(19)20)27(23,24)22-14-16-8-4-5-9-17(16)15-25-2/h4-13,22H,3,14-15H2,1-2H3. The molecule has 0 aromatic heterocycles. The van der Waals surface area contributed by atoms with Gasteiger partial charge in [0.1, 0.15) is 5.75 Å². The summed E-state index contributed by atoms with van der Waals surface area (Å²) in [5.41, 5.74) is 1.84. The van der Waals surface area contributed by atoms with E-state index in [0.717, 1.165) is 16.5 Å². The van der Waals surface area contributed by atoms with Crippen molar-refractivity contribution < 1.29 is 17.9 Å². The van der Waals surface area contributed by atoms with Crippen LogP contribution in [0.25, 0.3) is 10.8 Å². The fourth-order valence-corrected chi connectivity index (χ4v) is 4.25. The van der Waals surface area contributed by atoms with Crippen LogP contribution in [0.2, 0.25) is 0 Å². The summed E-state index contributed by atoms with van der Waals surface area (Å²) >= 11 is 0. The van der Waals surface area contributed by atoms with Crippen molar-refractivity contribution in [1.82, 2.24) is 4.72 Å². The Morgan fingerprint density at radius 3 is 2.26 bits per heavy atom. The summed E-state index contributed by atoms with van der Waals surface area (Å²) in [4.78, 5) is 0.241. The van der Waals surface area contributed by atoms with E-state index in [9.17, 15) is 8.42 Å². The SMILES string of the molecule is CCOc1ccc(S(=O)(=O)NCc2ccccc2COC)c2ccccc12. The molecule has 3 rings (SSSR count). The van der Waals surface area contributed by atoms with Crippen molar-refractivity contribution in [3.05, 3.63) is 71.8 Å². The van der Waals surface area contributed by atoms with Crippen LogP contribution in [0.5, 0.6) is 5.75 Å². The molecule has 0 spiro atoms. The Bertz CT molecular complexity index is 1030.